The second-order valence-corrected chi connectivity index (χ2v) is 24.3. The topological polar surface area (TPSA) is 468 Å². The van der Waals surface area contributed by atoms with E-state index in [2.05, 4.69) is 52.8 Å². The number of nitrogens with two attached hydrogens (primary N) is 6. The Hall–Kier alpha value is -6.19. The van der Waals surface area contributed by atoms with Crippen molar-refractivity contribution in [1.82, 2.24) is 47.9 Å². The lowest BCUT2D eigenvalue weighted by molar-refractivity contribution is -0.137. The van der Waals surface area contributed by atoms with E-state index in [0.717, 1.165) is 32.1 Å². The van der Waals surface area contributed by atoms with E-state index in [-0.39, 0.29) is 113 Å². The number of hydrogen-bond acceptors (Lipinski definition) is 15. The molecule has 1 fully saturated rings. The van der Waals surface area contributed by atoms with Crippen molar-refractivity contribution in [3.8, 4) is 0 Å². The van der Waals surface area contributed by atoms with Crippen LogP contribution in [-0.2, 0) is 47.9 Å². The Morgan fingerprint density at radius 3 is 1.20 bits per heavy atom. The highest BCUT2D eigenvalue weighted by molar-refractivity contribution is 5.98. The molecule has 1 saturated carbocycles. The Balaban J connectivity index is 3.63. The third-order valence-corrected chi connectivity index (χ3v) is 14.9. The van der Waals surface area contributed by atoms with Crippen LogP contribution in [0.2, 0.25) is 0 Å². The van der Waals surface area contributed by atoms with E-state index in [9.17, 15) is 53.1 Å². The second-order valence-electron chi connectivity index (χ2n) is 24.3. The van der Waals surface area contributed by atoms with Crippen molar-refractivity contribution in [3.63, 3.8) is 0 Å². The number of aliphatic hydroxyl groups is 1. The molecule has 1 aliphatic rings. The summed E-state index contributed by atoms with van der Waals surface area (Å²) in [5.41, 5.74) is 34.1. The van der Waals surface area contributed by atoms with E-state index in [4.69, 9.17) is 34.4 Å². The summed E-state index contributed by atoms with van der Waals surface area (Å²) in [4.78, 5) is 143. The molecule has 0 unspecified atom stereocenters. The van der Waals surface area contributed by atoms with Crippen LogP contribution >= 0.6 is 0 Å². The maximum atomic E-state index is 14.6. The molecule has 0 spiro atoms. The third-order valence-electron chi connectivity index (χ3n) is 14.9. The number of aliphatic imine (C=N–C) groups is 1. The first-order chi connectivity index (χ1) is 40.1. The SMILES string of the molecule is CC[C@H](C)C[C@H](NC(=O)[C@H](CCCN=C(N)N)NC(=O)[C@H](CCCCN)NC(=O)[C@H](CC(C)C)NC(=O)[C@H](CC(C)C)NC(=O)CN)C(=O)N[C@@H](CCCCN)C(=O)N[C@H](C(=O)N[C@@H](CC(C)C)C(=O)N[C@@H](CC1CCCCC1)C(N)=O)[C@@H](C)O. The molecule has 27 nitrogen and oxygen atoms in total. The maximum Gasteiger partial charge on any atom is 0.245 e. The number of aliphatic hydroxyl groups excluding tert-OH is 1. The smallest absolute Gasteiger partial charge is 0.245 e. The Kier molecular flexibility index (Phi) is 37.8. The highest BCUT2D eigenvalue weighted by Gasteiger charge is 2.37. The molecule has 0 aromatic rings. The minimum absolute atomic E-state index is 0.0166. The van der Waals surface area contributed by atoms with Gasteiger partial charge in [-0.2, -0.15) is 0 Å². The molecule has 0 aliphatic heterocycles. The van der Waals surface area contributed by atoms with Gasteiger partial charge in [0.25, 0.3) is 0 Å². The first-order valence-corrected chi connectivity index (χ1v) is 30.9. The summed E-state index contributed by atoms with van der Waals surface area (Å²) in [5.74, 6) is -7.73. The number of unbranched alkanes of at least 4 members (excludes halogenated alkanes) is 2. The van der Waals surface area contributed by atoms with Crippen molar-refractivity contribution in [2.45, 2.75) is 245 Å². The van der Waals surface area contributed by atoms with Crippen LogP contribution in [0.25, 0.3) is 0 Å². The molecule has 0 radical (unpaired) electrons. The minimum Gasteiger partial charge on any atom is -0.391 e. The van der Waals surface area contributed by atoms with Crippen LogP contribution in [0.1, 0.15) is 184 Å². The molecule has 0 heterocycles. The molecule has 0 bridgehead atoms. The number of nitrogens with zero attached hydrogens (tertiary/aromatic N) is 1. The predicted molar refractivity (Wildman–Crippen MR) is 327 cm³/mol. The van der Waals surface area contributed by atoms with Gasteiger partial charge in [-0.1, -0.05) is 93.9 Å². The summed E-state index contributed by atoms with van der Waals surface area (Å²) in [7, 11) is 0. The Labute approximate surface area is 504 Å². The highest BCUT2D eigenvalue weighted by atomic mass is 16.3. The van der Waals surface area contributed by atoms with E-state index in [1.807, 2.05) is 55.4 Å². The normalized spacial score (nSPS) is 16.6. The van der Waals surface area contributed by atoms with Crippen LogP contribution in [-0.4, -0.2) is 157 Å². The fourth-order valence-corrected chi connectivity index (χ4v) is 10.0. The van der Waals surface area contributed by atoms with Crippen molar-refractivity contribution in [2.75, 3.05) is 26.2 Å². The van der Waals surface area contributed by atoms with Crippen molar-refractivity contribution in [1.29, 1.82) is 0 Å². The number of carbonyl (C=O) groups is 10. The number of primary amides is 1. The zero-order valence-corrected chi connectivity index (χ0v) is 52.4. The van der Waals surface area contributed by atoms with Crippen LogP contribution in [0.3, 0.4) is 0 Å². The average Bonchev–Trinajstić information content (AvgIpc) is 3.49. The minimum atomic E-state index is -1.63. The molecule has 85 heavy (non-hydrogen) atoms. The van der Waals surface area contributed by atoms with Gasteiger partial charge in [0.2, 0.25) is 59.1 Å². The number of amides is 10. The Morgan fingerprint density at radius 2 is 0.824 bits per heavy atom. The molecule has 0 aromatic carbocycles. The fraction of sp³-hybridized carbons (Fsp3) is 0.810. The van der Waals surface area contributed by atoms with Gasteiger partial charge >= 0.3 is 0 Å². The molecule has 1 aliphatic carbocycles. The molecule has 27 heteroatoms. The summed E-state index contributed by atoms with van der Waals surface area (Å²) in [6.07, 6.45) is 6.84. The highest BCUT2D eigenvalue weighted by Crippen LogP contribution is 2.27. The van der Waals surface area contributed by atoms with Gasteiger partial charge in [-0.25, -0.2) is 0 Å². The van der Waals surface area contributed by atoms with E-state index in [1.54, 1.807) is 0 Å². The van der Waals surface area contributed by atoms with Crippen molar-refractivity contribution in [3.05, 3.63) is 0 Å². The number of rotatable bonds is 43. The summed E-state index contributed by atoms with van der Waals surface area (Å²) < 4.78 is 0. The maximum absolute atomic E-state index is 14.6. The van der Waals surface area contributed by atoms with E-state index >= 15 is 0 Å². The monoisotopic (exact) mass is 1210 g/mol. The van der Waals surface area contributed by atoms with E-state index in [0.29, 0.717) is 38.5 Å². The van der Waals surface area contributed by atoms with E-state index in [1.165, 1.54) is 6.92 Å². The van der Waals surface area contributed by atoms with Gasteiger partial charge < -0.3 is 87.4 Å². The summed E-state index contributed by atoms with van der Waals surface area (Å²) in [5, 5.41) is 35.4. The summed E-state index contributed by atoms with van der Waals surface area (Å²) in [6.45, 7) is 16.4. The van der Waals surface area contributed by atoms with Crippen LogP contribution in [0, 0.1) is 29.6 Å². The molecule has 1 rings (SSSR count). The molecule has 11 atom stereocenters. The number of carbonyl (C=O) groups excluding carboxylic acids is 10. The zero-order valence-electron chi connectivity index (χ0n) is 52.4. The molecule has 0 aromatic heterocycles. The predicted octanol–water partition coefficient (Wildman–Crippen LogP) is -0.969. The third kappa shape index (κ3) is 31.7. The van der Waals surface area contributed by atoms with Crippen LogP contribution in [0.5, 0.6) is 0 Å². The molecule has 488 valence electrons. The van der Waals surface area contributed by atoms with Gasteiger partial charge in [0.05, 0.1) is 12.6 Å². The van der Waals surface area contributed by atoms with Crippen LogP contribution in [0.4, 0.5) is 0 Å². The first-order valence-electron chi connectivity index (χ1n) is 30.9. The zero-order chi connectivity index (χ0) is 64.3. The molecule has 0 saturated heterocycles. The largest absolute Gasteiger partial charge is 0.391 e. The Bertz CT molecular complexity index is 2120. The number of nitrogens with one attached hydrogen (secondary N) is 9. The van der Waals surface area contributed by atoms with Gasteiger partial charge in [0.1, 0.15) is 54.4 Å². The first kappa shape index (κ1) is 76.8. The lowest BCUT2D eigenvalue weighted by Gasteiger charge is -2.30. The van der Waals surface area contributed by atoms with Gasteiger partial charge in [-0.3, -0.25) is 52.9 Å². The molecular formula is C58H110N16O11. The van der Waals surface area contributed by atoms with Gasteiger partial charge in [-0.15, -0.1) is 0 Å². The van der Waals surface area contributed by atoms with Crippen molar-refractivity contribution < 1.29 is 53.1 Å². The van der Waals surface area contributed by atoms with Crippen molar-refractivity contribution >= 4 is 65.0 Å². The van der Waals surface area contributed by atoms with Gasteiger partial charge in [0.15, 0.2) is 5.96 Å². The lowest BCUT2D eigenvalue weighted by Crippen LogP contribution is -2.62. The lowest BCUT2D eigenvalue weighted by atomic mass is 9.84. The summed E-state index contributed by atoms with van der Waals surface area (Å²) in [6, 6.07) is -11.1. The average molecular weight is 1210 g/mol. The molecule has 22 N–H and O–H groups in total. The van der Waals surface area contributed by atoms with Crippen LogP contribution < -0.4 is 82.3 Å². The Morgan fingerprint density at radius 1 is 0.459 bits per heavy atom. The molecule has 10 amide bonds. The number of hydrogen-bond donors (Lipinski definition) is 16. The van der Waals surface area contributed by atoms with Crippen molar-refractivity contribution in [2.24, 2.45) is 69.0 Å². The standard InChI is InChI=1S/C58H110N16O11/c1-10-36(8)30-46(56(84)69-40(22-15-17-25-60)52(80)74-48(37(9)75)57(85)73-45(29-35(6)7)55(83)70-42(49(62)77)31-38-19-12-11-13-20-38)72-51(79)41(23-18-26-65-58(63)64)67-50(78)39(21-14-16-24-59)68-54(82)44(28-34(4)5)71-53(81)43(27-33(2)3)66-47(76)32-61/h33-46,48,75H,10-32,59-61H2,1-9H3,(H2,62,77)(H,66,76)(H,67,78)(H,68,82)(H,69,84)(H,70,83)(H,71,81)(H,72,79)(H,73,85)(H,74,80)(H4,63,64,65)/t36-,37+,39-,40-,41-,42-,43-,44-,45-,46-,48-/m0/s1. The fourth-order valence-electron chi connectivity index (χ4n) is 10.0. The van der Waals surface area contributed by atoms with Gasteiger partial charge in [0, 0.05) is 6.54 Å². The van der Waals surface area contributed by atoms with Gasteiger partial charge in [-0.05, 0) is 133 Å². The van der Waals surface area contributed by atoms with E-state index < -0.39 is 120 Å². The molecular weight excluding hydrogens is 1100 g/mol. The quantitative estimate of drug-likeness (QED) is 0.0198. The summed E-state index contributed by atoms with van der Waals surface area (Å²) >= 11 is 0. The number of guanidine groups is 1. The van der Waals surface area contributed by atoms with Crippen LogP contribution in [0.15, 0.2) is 4.99 Å². The second kappa shape index (κ2) is 41.8.